The van der Waals surface area contributed by atoms with Gasteiger partial charge in [-0.25, -0.2) is 4.79 Å². The summed E-state index contributed by atoms with van der Waals surface area (Å²) >= 11 is 3.29. The van der Waals surface area contributed by atoms with E-state index >= 15 is 0 Å². The van der Waals surface area contributed by atoms with Gasteiger partial charge in [-0.15, -0.1) is 0 Å². The van der Waals surface area contributed by atoms with Gasteiger partial charge < -0.3 is 15.7 Å². The van der Waals surface area contributed by atoms with Gasteiger partial charge in [-0.2, -0.15) is 0 Å². The van der Waals surface area contributed by atoms with Crippen molar-refractivity contribution in [2.45, 2.75) is 12.8 Å². The summed E-state index contributed by atoms with van der Waals surface area (Å²) in [5, 5.41) is 9.03. The van der Waals surface area contributed by atoms with E-state index in [4.69, 9.17) is 10.8 Å². The number of hydrogen-bond donors (Lipinski definition) is 2. The van der Waals surface area contributed by atoms with Crippen molar-refractivity contribution >= 4 is 39.2 Å². The van der Waals surface area contributed by atoms with Gasteiger partial charge in [0.05, 0.1) is 16.9 Å². The topological polar surface area (TPSA) is 83.6 Å². The Morgan fingerprint density at radius 2 is 2.18 bits per heavy atom. The first-order valence-corrected chi connectivity index (χ1v) is 5.83. The standard InChI is InChI=1S/C11H11BrN2O3/c1-14-8(15)3-2-5-9(13)6(11(16)17)4-7(12)10(5)14/h4H,2-3,13H2,1H3,(H,16,17). The lowest BCUT2D eigenvalue weighted by Gasteiger charge is -2.28. The Kier molecular flexibility index (Phi) is 2.82. The lowest BCUT2D eigenvalue weighted by molar-refractivity contribution is -0.118. The average molecular weight is 299 g/mol. The molecule has 1 aromatic carbocycles. The van der Waals surface area contributed by atoms with E-state index in [1.807, 2.05) is 0 Å². The van der Waals surface area contributed by atoms with Gasteiger partial charge in [0, 0.05) is 23.5 Å². The molecule has 5 nitrogen and oxygen atoms in total. The van der Waals surface area contributed by atoms with E-state index in [9.17, 15) is 9.59 Å². The maximum Gasteiger partial charge on any atom is 0.337 e. The number of amides is 1. The molecule has 1 aliphatic heterocycles. The van der Waals surface area contributed by atoms with Gasteiger partial charge in [0.2, 0.25) is 5.91 Å². The number of nitrogens with two attached hydrogens (primary N) is 1. The highest BCUT2D eigenvalue weighted by molar-refractivity contribution is 9.10. The van der Waals surface area contributed by atoms with E-state index in [0.29, 0.717) is 23.0 Å². The second-order valence-corrected chi connectivity index (χ2v) is 4.76. The maximum absolute atomic E-state index is 11.6. The Labute approximate surface area is 106 Å². The summed E-state index contributed by atoms with van der Waals surface area (Å²) in [7, 11) is 1.66. The minimum Gasteiger partial charge on any atom is -0.478 e. The average Bonchev–Trinajstić information content (AvgIpc) is 2.26. The molecule has 1 aliphatic rings. The Hall–Kier alpha value is -1.56. The molecule has 1 amide bonds. The summed E-state index contributed by atoms with van der Waals surface area (Å²) in [5.74, 6) is -1.06. The number of carbonyl (C=O) groups excluding carboxylic acids is 1. The van der Waals surface area contributed by atoms with Crippen molar-refractivity contribution < 1.29 is 14.7 Å². The van der Waals surface area contributed by atoms with E-state index in [0.717, 1.165) is 5.56 Å². The first-order chi connectivity index (χ1) is 7.93. The predicted octanol–water partition coefficient (Wildman–Crippen LogP) is 1.64. The van der Waals surface area contributed by atoms with Crippen LogP contribution >= 0.6 is 15.9 Å². The van der Waals surface area contributed by atoms with Crippen LogP contribution in [0.3, 0.4) is 0 Å². The number of carboxylic acids is 1. The van der Waals surface area contributed by atoms with Crippen LogP contribution in [0.25, 0.3) is 0 Å². The van der Waals surface area contributed by atoms with Crippen molar-refractivity contribution in [2.24, 2.45) is 0 Å². The van der Waals surface area contributed by atoms with Crippen LogP contribution in [0.5, 0.6) is 0 Å². The number of benzene rings is 1. The van der Waals surface area contributed by atoms with Crippen molar-refractivity contribution in [1.29, 1.82) is 0 Å². The number of hydrogen-bond acceptors (Lipinski definition) is 3. The number of anilines is 2. The van der Waals surface area contributed by atoms with Crippen molar-refractivity contribution in [3.8, 4) is 0 Å². The fourth-order valence-corrected chi connectivity index (χ4v) is 2.76. The van der Waals surface area contributed by atoms with E-state index < -0.39 is 5.97 Å². The monoisotopic (exact) mass is 298 g/mol. The number of rotatable bonds is 1. The second-order valence-electron chi connectivity index (χ2n) is 3.90. The van der Waals surface area contributed by atoms with Gasteiger partial charge in [-0.3, -0.25) is 4.79 Å². The fraction of sp³-hybridized carbons (Fsp3) is 0.273. The summed E-state index contributed by atoms with van der Waals surface area (Å²) in [4.78, 5) is 24.1. The molecular weight excluding hydrogens is 288 g/mol. The Balaban J connectivity index is 2.70. The highest BCUT2D eigenvalue weighted by atomic mass is 79.9. The van der Waals surface area contributed by atoms with E-state index in [1.54, 1.807) is 7.05 Å². The summed E-state index contributed by atoms with van der Waals surface area (Å²) in [6.07, 6.45) is 0.827. The largest absolute Gasteiger partial charge is 0.478 e. The molecule has 6 heteroatoms. The van der Waals surface area contributed by atoms with Gasteiger partial charge in [0.15, 0.2) is 0 Å². The molecule has 1 aromatic rings. The molecule has 0 atom stereocenters. The molecule has 0 spiro atoms. The van der Waals surface area contributed by atoms with Crippen LogP contribution in [0.2, 0.25) is 0 Å². The number of fused-ring (bicyclic) bond motifs is 1. The number of nitrogen functional groups attached to an aromatic ring is 1. The molecule has 3 N–H and O–H groups in total. The molecule has 0 saturated carbocycles. The van der Waals surface area contributed by atoms with Crippen molar-refractivity contribution in [3.63, 3.8) is 0 Å². The molecule has 0 fully saturated rings. The summed E-state index contributed by atoms with van der Waals surface area (Å²) < 4.78 is 0.578. The van der Waals surface area contributed by atoms with Crippen LogP contribution in [-0.2, 0) is 11.2 Å². The fourth-order valence-electron chi connectivity index (χ4n) is 2.02. The van der Waals surface area contributed by atoms with Crippen molar-refractivity contribution in [1.82, 2.24) is 0 Å². The van der Waals surface area contributed by atoms with Crippen molar-refractivity contribution in [2.75, 3.05) is 17.7 Å². The second kappa shape index (κ2) is 4.03. The zero-order valence-electron chi connectivity index (χ0n) is 9.16. The van der Waals surface area contributed by atoms with E-state index in [-0.39, 0.29) is 17.2 Å². The van der Waals surface area contributed by atoms with Crippen LogP contribution in [0.15, 0.2) is 10.5 Å². The molecule has 90 valence electrons. The predicted molar refractivity (Wildman–Crippen MR) is 67.2 cm³/mol. The lowest BCUT2D eigenvalue weighted by Crippen LogP contribution is -2.32. The van der Waals surface area contributed by atoms with E-state index in [2.05, 4.69) is 15.9 Å². The van der Waals surface area contributed by atoms with Gasteiger partial charge in [-0.05, 0) is 28.4 Å². The van der Waals surface area contributed by atoms with Crippen molar-refractivity contribution in [3.05, 3.63) is 21.7 Å². The molecular formula is C11H11BrN2O3. The summed E-state index contributed by atoms with van der Waals surface area (Å²) in [5.41, 5.74) is 7.55. The minimum absolute atomic E-state index is 0.000625. The molecule has 0 aliphatic carbocycles. The number of carbonyl (C=O) groups is 2. The zero-order chi connectivity index (χ0) is 12.7. The number of nitrogens with zero attached hydrogens (tertiary/aromatic N) is 1. The first kappa shape index (κ1) is 11.9. The van der Waals surface area contributed by atoms with Gasteiger partial charge in [0.25, 0.3) is 0 Å². The molecule has 2 rings (SSSR count). The van der Waals surface area contributed by atoms with Crippen LogP contribution in [-0.4, -0.2) is 24.0 Å². The Bertz CT molecular complexity index is 528. The van der Waals surface area contributed by atoms with Crippen LogP contribution < -0.4 is 10.6 Å². The Morgan fingerprint density at radius 1 is 1.53 bits per heavy atom. The van der Waals surface area contributed by atoms with Crippen LogP contribution in [0, 0.1) is 0 Å². The third-order valence-electron chi connectivity index (χ3n) is 2.93. The molecule has 17 heavy (non-hydrogen) atoms. The molecule has 0 aromatic heterocycles. The van der Waals surface area contributed by atoms with Crippen LogP contribution in [0.4, 0.5) is 11.4 Å². The smallest absolute Gasteiger partial charge is 0.337 e. The molecule has 1 heterocycles. The van der Waals surface area contributed by atoms with Gasteiger partial charge in [0.1, 0.15) is 0 Å². The van der Waals surface area contributed by atoms with Gasteiger partial charge in [-0.1, -0.05) is 0 Å². The normalized spacial score (nSPS) is 14.7. The highest BCUT2D eigenvalue weighted by Gasteiger charge is 2.27. The molecule has 0 unspecified atom stereocenters. The van der Waals surface area contributed by atoms with Gasteiger partial charge >= 0.3 is 5.97 Å². The first-order valence-electron chi connectivity index (χ1n) is 5.04. The molecule has 0 saturated heterocycles. The number of halogens is 1. The third-order valence-corrected chi connectivity index (χ3v) is 3.53. The van der Waals surface area contributed by atoms with E-state index in [1.165, 1.54) is 11.0 Å². The molecule has 0 radical (unpaired) electrons. The SMILES string of the molecule is CN1C(=O)CCc2c(N)c(C(=O)O)cc(Br)c21. The summed E-state index contributed by atoms with van der Waals surface area (Å²) in [6.45, 7) is 0. The zero-order valence-corrected chi connectivity index (χ0v) is 10.7. The minimum atomic E-state index is -1.06. The maximum atomic E-state index is 11.6. The third kappa shape index (κ3) is 1.78. The Morgan fingerprint density at radius 3 is 2.76 bits per heavy atom. The highest BCUT2D eigenvalue weighted by Crippen LogP contribution is 2.39. The summed E-state index contributed by atoms with van der Waals surface area (Å²) in [6, 6.07) is 1.44. The lowest BCUT2D eigenvalue weighted by atomic mass is 9.96. The molecule has 0 bridgehead atoms. The van der Waals surface area contributed by atoms with Crippen LogP contribution in [0.1, 0.15) is 22.3 Å². The quantitative estimate of drug-likeness (QED) is 0.772. The number of carboxylic acid groups (broad SMARTS) is 1. The number of aromatic carboxylic acids is 1.